The maximum Gasteiger partial charge on any atom is 0.237 e. The van der Waals surface area contributed by atoms with Gasteiger partial charge in [0.1, 0.15) is 0 Å². The quantitative estimate of drug-likeness (QED) is 0.687. The van der Waals surface area contributed by atoms with E-state index in [9.17, 15) is 4.79 Å². The van der Waals surface area contributed by atoms with Crippen LogP contribution in [0.5, 0.6) is 0 Å². The molecule has 0 aliphatic carbocycles. The first kappa shape index (κ1) is 18.4. The number of hydrogen-bond donors (Lipinski definition) is 2. The molecule has 4 heteroatoms. The maximum atomic E-state index is 12.5. The van der Waals surface area contributed by atoms with Crippen molar-refractivity contribution in [2.75, 3.05) is 26.2 Å². The van der Waals surface area contributed by atoms with Gasteiger partial charge in [-0.3, -0.25) is 9.69 Å². The van der Waals surface area contributed by atoms with Crippen LogP contribution >= 0.6 is 0 Å². The molecule has 1 heterocycles. The highest BCUT2D eigenvalue weighted by molar-refractivity contribution is 5.81. The molecule has 1 rings (SSSR count). The Morgan fingerprint density at radius 1 is 1.33 bits per heavy atom. The van der Waals surface area contributed by atoms with Gasteiger partial charge in [0.15, 0.2) is 0 Å². The van der Waals surface area contributed by atoms with Crippen molar-refractivity contribution in [1.82, 2.24) is 15.5 Å². The minimum Gasteiger partial charge on any atom is -0.352 e. The van der Waals surface area contributed by atoms with Crippen molar-refractivity contribution in [1.29, 1.82) is 0 Å². The highest BCUT2D eigenvalue weighted by Gasteiger charge is 2.25. The maximum absolute atomic E-state index is 12.5. The number of hydrogen-bond acceptors (Lipinski definition) is 3. The first-order valence-electron chi connectivity index (χ1n) is 8.87. The zero-order chi connectivity index (χ0) is 15.7. The molecule has 0 aromatic heterocycles. The van der Waals surface area contributed by atoms with Crippen LogP contribution in [0.2, 0.25) is 0 Å². The Morgan fingerprint density at radius 2 is 2.05 bits per heavy atom. The average Bonchev–Trinajstić information content (AvgIpc) is 2.52. The van der Waals surface area contributed by atoms with Crippen molar-refractivity contribution in [3.63, 3.8) is 0 Å². The van der Waals surface area contributed by atoms with Gasteiger partial charge in [0.05, 0.1) is 6.04 Å². The first-order valence-corrected chi connectivity index (χ1v) is 8.87. The molecule has 1 aliphatic heterocycles. The minimum atomic E-state index is -0.0209. The predicted molar refractivity (Wildman–Crippen MR) is 89.4 cm³/mol. The summed E-state index contributed by atoms with van der Waals surface area (Å²) in [4.78, 5) is 14.8. The molecule has 2 N–H and O–H groups in total. The monoisotopic (exact) mass is 297 g/mol. The number of carbonyl (C=O) groups excluding carboxylic acids is 1. The Labute approximate surface area is 131 Å². The van der Waals surface area contributed by atoms with Crippen LogP contribution in [0.1, 0.15) is 59.8 Å². The molecule has 0 spiro atoms. The molecule has 4 nitrogen and oxygen atoms in total. The predicted octanol–water partition coefficient (Wildman–Crippen LogP) is 2.39. The molecule has 2 unspecified atom stereocenters. The molecule has 1 fully saturated rings. The van der Waals surface area contributed by atoms with Crippen molar-refractivity contribution in [2.45, 2.75) is 71.9 Å². The van der Waals surface area contributed by atoms with Crippen molar-refractivity contribution in [3.8, 4) is 0 Å². The molecule has 1 aliphatic rings. The number of piperidine rings is 1. The van der Waals surface area contributed by atoms with Crippen LogP contribution in [0.25, 0.3) is 0 Å². The second kappa shape index (κ2) is 10.2. The highest BCUT2D eigenvalue weighted by atomic mass is 16.2. The summed E-state index contributed by atoms with van der Waals surface area (Å²) in [6, 6.07) is 0.298. The van der Waals surface area contributed by atoms with Crippen LogP contribution in [0.3, 0.4) is 0 Å². The fourth-order valence-electron chi connectivity index (χ4n) is 3.12. The van der Waals surface area contributed by atoms with Gasteiger partial charge in [-0.15, -0.1) is 0 Å². The minimum absolute atomic E-state index is 0.0209. The first-order chi connectivity index (χ1) is 10.1. The molecule has 0 radical (unpaired) electrons. The molecule has 1 amide bonds. The molecule has 1 saturated heterocycles. The Hall–Kier alpha value is -0.610. The van der Waals surface area contributed by atoms with E-state index in [1.54, 1.807) is 0 Å². The summed E-state index contributed by atoms with van der Waals surface area (Å²) < 4.78 is 0. The summed E-state index contributed by atoms with van der Waals surface area (Å²) >= 11 is 0. The molecule has 124 valence electrons. The van der Waals surface area contributed by atoms with E-state index in [4.69, 9.17) is 0 Å². The van der Waals surface area contributed by atoms with Gasteiger partial charge in [0, 0.05) is 12.6 Å². The molecular formula is C17H35N3O. The molecule has 0 bridgehead atoms. The van der Waals surface area contributed by atoms with Gasteiger partial charge in [0.2, 0.25) is 5.91 Å². The van der Waals surface area contributed by atoms with Crippen LogP contribution in [0.4, 0.5) is 0 Å². The summed E-state index contributed by atoms with van der Waals surface area (Å²) in [7, 11) is 0. The van der Waals surface area contributed by atoms with Gasteiger partial charge in [-0.1, -0.05) is 20.8 Å². The SMILES string of the molecule is CCCN(CC1CCCNC1)C(C)C(=O)NC(CC)CC. The molecule has 0 aromatic rings. The Bertz CT molecular complexity index is 286. The fourth-order valence-corrected chi connectivity index (χ4v) is 3.12. The zero-order valence-electron chi connectivity index (χ0n) is 14.5. The summed E-state index contributed by atoms with van der Waals surface area (Å²) in [5.41, 5.74) is 0. The van der Waals surface area contributed by atoms with Gasteiger partial charge in [-0.05, 0) is 64.6 Å². The molecule has 21 heavy (non-hydrogen) atoms. The largest absolute Gasteiger partial charge is 0.352 e. The summed E-state index contributed by atoms with van der Waals surface area (Å²) in [6.45, 7) is 12.8. The van der Waals surface area contributed by atoms with E-state index >= 15 is 0 Å². The highest BCUT2D eigenvalue weighted by Crippen LogP contribution is 2.14. The lowest BCUT2D eigenvalue weighted by atomic mass is 9.98. The second-order valence-electron chi connectivity index (χ2n) is 6.41. The molecule has 2 atom stereocenters. The van der Waals surface area contributed by atoms with E-state index in [0.717, 1.165) is 45.4 Å². The van der Waals surface area contributed by atoms with E-state index < -0.39 is 0 Å². The van der Waals surface area contributed by atoms with Crippen molar-refractivity contribution in [2.24, 2.45) is 5.92 Å². The summed E-state index contributed by atoms with van der Waals surface area (Å²) in [5.74, 6) is 0.884. The van der Waals surface area contributed by atoms with Crippen molar-refractivity contribution >= 4 is 5.91 Å². The Balaban J connectivity index is 2.54. The molecule has 0 aromatic carbocycles. The number of rotatable bonds is 9. The van der Waals surface area contributed by atoms with Crippen LogP contribution in [0, 0.1) is 5.92 Å². The number of amides is 1. The lowest BCUT2D eigenvalue weighted by Crippen LogP contribution is -2.50. The smallest absolute Gasteiger partial charge is 0.237 e. The zero-order valence-corrected chi connectivity index (χ0v) is 14.5. The van der Waals surface area contributed by atoms with E-state index in [1.165, 1.54) is 12.8 Å². The van der Waals surface area contributed by atoms with Gasteiger partial charge in [-0.2, -0.15) is 0 Å². The number of nitrogens with one attached hydrogen (secondary N) is 2. The van der Waals surface area contributed by atoms with Gasteiger partial charge in [0.25, 0.3) is 0 Å². The van der Waals surface area contributed by atoms with Crippen LogP contribution in [0.15, 0.2) is 0 Å². The lowest BCUT2D eigenvalue weighted by molar-refractivity contribution is -0.127. The third kappa shape index (κ3) is 6.35. The Kier molecular flexibility index (Phi) is 8.93. The third-order valence-electron chi connectivity index (χ3n) is 4.66. The fraction of sp³-hybridized carbons (Fsp3) is 0.941. The second-order valence-corrected chi connectivity index (χ2v) is 6.41. The van der Waals surface area contributed by atoms with Crippen LogP contribution in [-0.2, 0) is 4.79 Å². The normalized spacial score (nSPS) is 20.8. The molecule has 0 saturated carbocycles. The third-order valence-corrected chi connectivity index (χ3v) is 4.66. The van der Waals surface area contributed by atoms with Gasteiger partial charge < -0.3 is 10.6 Å². The number of carbonyl (C=O) groups is 1. The van der Waals surface area contributed by atoms with E-state index in [0.29, 0.717) is 12.0 Å². The van der Waals surface area contributed by atoms with E-state index in [1.807, 2.05) is 0 Å². The molecular weight excluding hydrogens is 262 g/mol. The standard InChI is InChI=1S/C17H35N3O/c1-5-11-20(13-15-9-8-10-18-12-15)14(4)17(21)19-16(6-2)7-3/h14-16,18H,5-13H2,1-4H3,(H,19,21). The number of nitrogens with zero attached hydrogens (tertiary/aromatic N) is 1. The van der Waals surface area contributed by atoms with Crippen LogP contribution in [-0.4, -0.2) is 49.1 Å². The topological polar surface area (TPSA) is 44.4 Å². The van der Waals surface area contributed by atoms with E-state index in [-0.39, 0.29) is 11.9 Å². The van der Waals surface area contributed by atoms with E-state index in [2.05, 4.69) is 43.2 Å². The van der Waals surface area contributed by atoms with Crippen molar-refractivity contribution < 1.29 is 4.79 Å². The van der Waals surface area contributed by atoms with Gasteiger partial charge in [-0.25, -0.2) is 0 Å². The Morgan fingerprint density at radius 3 is 2.57 bits per heavy atom. The summed E-state index contributed by atoms with van der Waals surface area (Å²) in [6.07, 6.45) is 5.67. The van der Waals surface area contributed by atoms with Gasteiger partial charge >= 0.3 is 0 Å². The average molecular weight is 297 g/mol. The van der Waals surface area contributed by atoms with Crippen LogP contribution < -0.4 is 10.6 Å². The summed E-state index contributed by atoms with van der Waals surface area (Å²) in [5, 5.41) is 6.67. The van der Waals surface area contributed by atoms with Crippen molar-refractivity contribution in [3.05, 3.63) is 0 Å². The lowest BCUT2D eigenvalue weighted by Gasteiger charge is -2.34.